The van der Waals surface area contributed by atoms with Crippen molar-refractivity contribution in [2.75, 3.05) is 0 Å². The van der Waals surface area contributed by atoms with E-state index in [4.69, 9.17) is 0 Å². The van der Waals surface area contributed by atoms with Gasteiger partial charge in [0.1, 0.15) is 0 Å². The summed E-state index contributed by atoms with van der Waals surface area (Å²) in [5, 5.41) is 0. The van der Waals surface area contributed by atoms with Crippen LogP contribution in [0.3, 0.4) is 0 Å². The SMILES string of the molecule is CC(C)CC(c1ccc(C[n+]2ccccc2)cc1)C(C)(C)C. The zero-order valence-electron chi connectivity index (χ0n) is 14.7. The van der Waals surface area contributed by atoms with E-state index in [0.717, 1.165) is 12.5 Å². The van der Waals surface area contributed by atoms with E-state index in [1.165, 1.54) is 17.5 Å². The van der Waals surface area contributed by atoms with Crippen molar-refractivity contribution in [3.8, 4) is 0 Å². The highest BCUT2D eigenvalue weighted by Crippen LogP contribution is 2.39. The van der Waals surface area contributed by atoms with Crippen molar-refractivity contribution < 1.29 is 4.57 Å². The lowest BCUT2D eigenvalue weighted by atomic mass is 9.72. The second-order valence-corrected chi connectivity index (χ2v) is 7.84. The Morgan fingerprint density at radius 2 is 1.50 bits per heavy atom. The zero-order chi connectivity index (χ0) is 16.2. The summed E-state index contributed by atoms with van der Waals surface area (Å²) in [4.78, 5) is 0. The topological polar surface area (TPSA) is 3.88 Å². The number of hydrogen-bond acceptors (Lipinski definition) is 0. The van der Waals surface area contributed by atoms with Gasteiger partial charge in [0.2, 0.25) is 0 Å². The van der Waals surface area contributed by atoms with Crippen LogP contribution in [-0.4, -0.2) is 0 Å². The summed E-state index contributed by atoms with van der Waals surface area (Å²) in [5.41, 5.74) is 3.14. The first-order valence-corrected chi connectivity index (χ1v) is 8.39. The van der Waals surface area contributed by atoms with Crippen molar-refractivity contribution in [2.24, 2.45) is 11.3 Å². The Bertz CT molecular complexity index is 561. The van der Waals surface area contributed by atoms with Gasteiger partial charge in [0.15, 0.2) is 18.9 Å². The van der Waals surface area contributed by atoms with Crippen molar-refractivity contribution in [3.05, 3.63) is 66.0 Å². The maximum atomic E-state index is 2.35. The monoisotopic (exact) mass is 296 g/mol. The fourth-order valence-corrected chi connectivity index (χ4v) is 3.07. The molecule has 22 heavy (non-hydrogen) atoms. The van der Waals surface area contributed by atoms with Gasteiger partial charge in [-0.2, -0.15) is 0 Å². The molecule has 1 heterocycles. The van der Waals surface area contributed by atoms with Crippen LogP contribution in [0, 0.1) is 11.3 Å². The predicted molar refractivity (Wildman–Crippen MR) is 93.8 cm³/mol. The molecule has 0 N–H and O–H groups in total. The number of pyridine rings is 1. The molecule has 0 saturated heterocycles. The number of aromatic nitrogens is 1. The molecule has 118 valence electrons. The standard InChI is InChI=1S/C21H30N/c1-17(2)15-20(21(3,4)5)19-11-9-18(10-12-19)16-22-13-7-6-8-14-22/h6-14,17,20H,15-16H2,1-5H3/q+1. The van der Waals surface area contributed by atoms with Gasteiger partial charge in [-0.05, 0) is 29.2 Å². The van der Waals surface area contributed by atoms with Crippen LogP contribution in [-0.2, 0) is 6.54 Å². The molecular weight excluding hydrogens is 266 g/mol. The largest absolute Gasteiger partial charge is 0.201 e. The van der Waals surface area contributed by atoms with E-state index in [9.17, 15) is 0 Å². The molecule has 1 unspecified atom stereocenters. The van der Waals surface area contributed by atoms with Gasteiger partial charge >= 0.3 is 0 Å². The van der Waals surface area contributed by atoms with Crippen molar-refractivity contribution in [3.63, 3.8) is 0 Å². The normalized spacial score (nSPS) is 13.4. The lowest BCUT2D eigenvalue weighted by Crippen LogP contribution is -2.32. The zero-order valence-corrected chi connectivity index (χ0v) is 14.7. The van der Waals surface area contributed by atoms with Crippen LogP contribution in [0.4, 0.5) is 0 Å². The third kappa shape index (κ3) is 4.69. The quantitative estimate of drug-likeness (QED) is 0.668. The molecule has 0 saturated carbocycles. The Balaban J connectivity index is 2.15. The second-order valence-electron chi connectivity index (χ2n) is 7.84. The van der Waals surface area contributed by atoms with Gasteiger partial charge in [-0.3, -0.25) is 0 Å². The Kier molecular flexibility index (Phi) is 5.39. The average Bonchev–Trinajstić information content (AvgIpc) is 2.46. The van der Waals surface area contributed by atoms with Gasteiger partial charge in [-0.1, -0.05) is 65.0 Å². The number of nitrogens with zero attached hydrogens (tertiary/aromatic N) is 1. The molecule has 1 aromatic heterocycles. The summed E-state index contributed by atoms with van der Waals surface area (Å²) in [5.74, 6) is 1.34. The summed E-state index contributed by atoms with van der Waals surface area (Å²) < 4.78 is 2.21. The first-order valence-electron chi connectivity index (χ1n) is 8.39. The van der Waals surface area contributed by atoms with Gasteiger partial charge in [0.25, 0.3) is 0 Å². The Labute approximate surface area is 136 Å². The lowest BCUT2D eigenvalue weighted by Gasteiger charge is -2.32. The van der Waals surface area contributed by atoms with E-state index in [2.05, 4.69) is 94.0 Å². The number of hydrogen-bond donors (Lipinski definition) is 0. The van der Waals surface area contributed by atoms with Crippen LogP contribution < -0.4 is 4.57 Å². The summed E-state index contributed by atoms with van der Waals surface area (Å²) in [6.45, 7) is 12.6. The Hall–Kier alpha value is -1.63. The van der Waals surface area contributed by atoms with Gasteiger partial charge in [0, 0.05) is 17.7 Å². The molecule has 0 aliphatic heterocycles. The van der Waals surface area contributed by atoms with Gasteiger partial charge in [-0.25, -0.2) is 4.57 Å². The molecule has 0 fully saturated rings. The smallest absolute Gasteiger partial charge is 0.173 e. The van der Waals surface area contributed by atoms with Crippen LogP contribution in [0.25, 0.3) is 0 Å². The first-order chi connectivity index (χ1) is 10.4. The van der Waals surface area contributed by atoms with E-state index in [-0.39, 0.29) is 0 Å². The highest BCUT2D eigenvalue weighted by molar-refractivity contribution is 5.26. The molecule has 0 amide bonds. The van der Waals surface area contributed by atoms with Crippen molar-refractivity contribution in [1.82, 2.24) is 0 Å². The molecule has 1 nitrogen and oxygen atoms in total. The minimum absolute atomic E-state index is 0.306. The van der Waals surface area contributed by atoms with Crippen LogP contribution >= 0.6 is 0 Å². The van der Waals surface area contributed by atoms with Gasteiger partial charge in [0.05, 0.1) is 0 Å². The van der Waals surface area contributed by atoms with Crippen LogP contribution in [0.5, 0.6) is 0 Å². The molecule has 1 aromatic carbocycles. The summed E-state index contributed by atoms with van der Waals surface area (Å²) in [6.07, 6.45) is 5.48. The fourth-order valence-electron chi connectivity index (χ4n) is 3.07. The summed E-state index contributed by atoms with van der Waals surface area (Å²) >= 11 is 0. The van der Waals surface area contributed by atoms with E-state index in [1.807, 2.05) is 0 Å². The molecule has 1 heteroatoms. The molecule has 0 radical (unpaired) electrons. The number of rotatable bonds is 5. The third-order valence-corrected chi connectivity index (χ3v) is 4.28. The molecule has 2 aromatic rings. The highest BCUT2D eigenvalue weighted by Gasteiger charge is 2.26. The first kappa shape index (κ1) is 16.7. The van der Waals surface area contributed by atoms with E-state index < -0.39 is 0 Å². The van der Waals surface area contributed by atoms with Gasteiger partial charge < -0.3 is 0 Å². The van der Waals surface area contributed by atoms with E-state index >= 15 is 0 Å². The van der Waals surface area contributed by atoms with Crippen LogP contribution in [0.1, 0.15) is 58.1 Å². The maximum absolute atomic E-state index is 2.35. The van der Waals surface area contributed by atoms with E-state index in [0.29, 0.717) is 11.3 Å². The van der Waals surface area contributed by atoms with Crippen LogP contribution in [0.15, 0.2) is 54.9 Å². The molecule has 0 bridgehead atoms. The molecular formula is C21H30N+. The van der Waals surface area contributed by atoms with Gasteiger partial charge in [-0.15, -0.1) is 0 Å². The summed E-state index contributed by atoms with van der Waals surface area (Å²) in [6, 6.07) is 15.4. The molecule has 2 rings (SSSR count). The number of benzene rings is 1. The minimum Gasteiger partial charge on any atom is -0.201 e. The molecule has 0 spiro atoms. The van der Waals surface area contributed by atoms with Crippen molar-refractivity contribution in [1.29, 1.82) is 0 Å². The van der Waals surface area contributed by atoms with Crippen molar-refractivity contribution in [2.45, 2.75) is 53.5 Å². The predicted octanol–water partition coefficient (Wildman–Crippen LogP) is 5.20. The fraction of sp³-hybridized carbons (Fsp3) is 0.476. The molecule has 1 atom stereocenters. The minimum atomic E-state index is 0.306. The van der Waals surface area contributed by atoms with Crippen molar-refractivity contribution >= 4 is 0 Å². The molecule has 0 aliphatic rings. The molecule has 0 aliphatic carbocycles. The lowest BCUT2D eigenvalue weighted by molar-refractivity contribution is -0.688. The van der Waals surface area contributed by atoms with E-state index in [1.54, 1.807) is 0 Å². The second kappa shape index (κ2) is 7.09. The van der Waals surface area contributed by atoms with Crippen LogP contribution in [0.2, 0.25) is 0 Å². The summed E-state index contributed by atoms with van der Waals surface area (Å²) in [7, 11) is 0. The highest BCUT2D eigenvalue weighted by atomic mass is 14.9. The maximum Gasteiger partial charge on any atom is 0.173 e. The third-order valence-electron chi connectivity index (χ3n) is 4.28. The Morgan fingerprint density at radius 1 is 0.909 bits per heavy atom. The average molecular weight is 296 g/mol. The Morgan fingerprint density at radius 3 is 2.00 bits per heavy atom.